The van der Waals surface area contributed by atoms with Gasteiger partial charge in [0, 0.05) is 6.20 Å². The molecule has 0 aliphatic carbocycles. The maximum absolute atomic E-state index is 4.28. The summed E-state index contributed by atoms with van der Waals surface area (Å²) in [5.41, 5.74) is 0.860. The van der Waals surface area contributed by atoms with Crippen LogP contribution in [0.15, 0.2) is 18.7 Å². The molecular weight excluding hydrogens is 188 g/mol. The average Bonchev–Trinajstić information content (AvgIpc) is 2.63. The van der Waals surface area contributed by atoms with Gasteiger partial charge in [0.05, 0.1) is 17.1 Å². The Hall–Kier alpha value is -1.45. The molecule has 2 aromatic rings. The van der Waals surface area contributed by atoms with Gasteiger partial charge >= 0.3 is 0 Å². The van der Waals surface area contributed by atoms with Crippen molar-refractivity contribution >= 4 is 11.0 Å². The molecule has 2 rings (SSSR count). The molecule has 4 nitrogen and oxygen atoms in total. The lowest BCUT2D eigenvalue weighted by atomic mass is 10.1. The number of hydrogen-bond acceptors (Lipinski definition) is 3. The molecule has 0 spiro atoms. The summed E-state index contributed by atoms with van der Waals surface area (Å²) in [6.07, 6.45) is 5.12. The highest BCUT2D eigenvalue weighted by Gasteiger charge is 2.17. The van der Waals surface area contributed by atoms with Crippen LogP contribution in [-0.2, 0) is 5.54 Å². The van der Waals surface area contributed by atoms with Gasteiger partial charge in [0.1, 0.15) is 6.33 Å². The summed E-state index contributed by atoms with van der Waals surface area (Å²) in [5, 5.41) is 5.26. The maximum atomic E-state index is 4.28. The summed E-state index contributed by atoms with van der Waals surface area (Å²) >= 11 is 0. The molecule has 0 saturated heterocycles. The largest absolute Gasteiger partial charge is 0.244 e. The molecule has 0 amide bonds. The molecule has 0 fully saturated rings. The quantitative estimate of drug-likeness (QED) is 0.665. The third kappa shape index (κ3) is 2.32. The smallest absolute Gasteiger partial charge is 0.161 e. The van der Waals surface area contributed by atoms with E-state index in [1.165, 1.54) is 0 Å². The lowest BCUT2D eigenvalue weighted by molar-refractivity contribution is 0.366. The molecule has 2 aromatic heterocycles. The Labute approximate surface area is 90.4 Å². The van der Waals surface area contributed by atoms with Gasteiger partial charge in [0.25, 0.3) is 0 Å². The van der Waals surface area contributed by atoms with Gasteiger partial charge in [0.15, 0.2) is 5.65 Å². The van der Waals surface area contributed by atoms with Crippen molar-refractivity contribution in [2.75, 3.05) is 0 Å². The second-order valence-corrected chi connectivity index (χ2v) is 4.03. The van der Waals surface area contributed by atoms with Crippen molar-refractivity contribution in [3.8, 4) is 0 Å². The molecule has 4 heteroatoms. The van der Waals surface area contributed by atoms with E-state index >= 15 is 0 Å². The van der Waals surface area contributed by atoms with Crippen LogP contribution in [0.5, 0.6) is 0 Å². The second-order valence-electron chi connectivity index (χ2n) is 4.03. The van der Waals surface area contributed by atoms with Crippen LogP contribution in [0.4, 0.5) is 0 Å². The zero-order valence-electron chi connectivity index (χ0n) is 10.0. The molecule has 0 bridgehead atoms. The van der Waals surface area contributed by atoms with E-state index in [-0.39, 0.29) is 5.54 Å². The zero-order valence-corrected chi connectivity index (χ0v) is 10.0. The van der Waals surface area contributed by atoms with Crippen molar-refractivity contribution in [2.45, 2.75) is 40.2 Å². The Balaban J connectivity index is 0.000000531. The topological polar surface area (TPSA) is 43.6 Å². The third-order valence-electron chi connectivity index (χ3n) is 1.87. The Morgan fingerprint density at radius 1 is 1.13 bits per heavy atom. The van der Waals surface area contributed by atoms with E-state index < -0.39 is 0 Å². The van der Waals surface area contributed by atoms with Gasteiger partial charge in [-0.3, -0.25) is 0 Å². The summed E-state index contributed by atoms with van der Waals surface area (Å²) in [5.74, 6) is 0. The number of hydrogen-bond donors (Lipinski definition) is 0. The number of fused-ring (bicyclic) bond motifs is 1. The third-order valence-corrected chi connectivity index (χ3v) is 1.87. The lowest BCUT2D eigenvalue weighted by Gasteiger charge is -2.19. The fraction of sp³-hybridized carbons (Fsp3) is 0.545. The Kier molecular flexibility index (Phi) is 3.39. The molecule has 0 N–H and O–H groups in total. The van der Waals surface area contributed by atoms with E-state index in [1.54, 1.807) is 18.7 Å². The van der Waals surface area contributed by atoms with Crippen LogP contribution in [-0.4, -0.2) is 19.7 Å². The molecule has 82 valence electrons. The fourth-order valence-electron chi connectivity index (χ4n) is 1.27. The SMILES string of the molecule is CC.CC(C)(C)n1ncc2cncnc21. The van der Waals surface area contributed by atoms with Gasteiger partial charge < -0.3 is 0 Å². The molecule has 0 aliphatic heterocycles. The fourth-order valence-corrected chi connectivity index (χ4v) is 1.27. The van der Waals surface area contributed by atoms with Crippen LogP contribution >= 0.6 is 0 Å². The number of aromatic nitrogens is 4. The highest BCUT2D eigenvalue weighted by Crippen LogP contribution is 2.18. The van der Waals surface area contributed by atoms with Gasteiger partial charge in [-0.2, -0.15) is 5.10 Å². The van der Waals surface area contributed by atoms with Crippen molar-refractivity contribution in [2.24, 2.45) is 0 Å². The normalized spacial score (nSPS) is 11.0. The molecular formula is C11H18N4. The highest BCUT2D eigenvalue weighted by molar-refractivity contribution is 5.73. The predicted molar refractivity (Wildman–Crippen MR) is 61.7 cm³/mol. The summed E-state index contributed by atoms with van der Waals surface area (Å²) in [6, 6.07) is 0. The van der Waals surface area contributed by atoms with E-state index in [4.69, 9.17) is 0 Å². The van der Waals surface area contributed by atoms with Crippen molar-refractivity contribution in [1.29, 1.82) is 0 Å². The Morgan fingerprint density at radius 2 is 1.80 bits per heavy atom. The van der Waals surface area contributed by atoms with Crippen molar-refractivity contribution in [3.05, 3.63) is 18.7 Å². The first-order valence-corrected chi connectivity index (χ1v) is 5.23. The number of rotatable bonds is 0. The van der Waals surface area contributed by atoms with Crippen LogP contribution in [0, 0.1) is 0 Å². The van der Waals surface area contributed by atoms with Crippen LogP contribution in [0.2, 0.25) is 0 Å². The van der Waals surface area contributed by atoms with Crippen LogP contribution in [0.3, 0.4) is 0 Å². The standard InChI is InChI=1S/C9H12N4.C2H6/c1-9(2,3)13-8-7(5-12-13)4-10-6-11-8;1-2/h4-6H,1-3H3;1-2H3. The first kappa shape index (κ1) is 11.6. The summed E-state index contributed by atoms with van der Waals surface area (Å²) in [4.78, 5) is 8.14. The molecule has 0 aliphatic rings. The van der Waals surface area contributed by atoms with Gasteiger partial charge in [0.2, 0.25) is 0 Å². The lowest BCUT2D eigenvalue weighted by Crippen LogP contribution is -2.23. The first-order chi connectivity index (χ1) is 7.09. The maximum Gasteiger partial charge on any atom is 0.161 e. The summed E-state index contributed by atoms with van der Waals surface area (Å²) in [7, 11) is 0. The molecule has 0 unspecified atom stereocenters. The van der Waals surface area contributed by atoms with Crippen molar-refractivity contribution < 1.29 is 0 Å². The molecule has 2 heterocycles. The van der Waals surface area contributed by atoms with Crippen molar-refractivity contribution in [1.82, 2.24) is 19.7 Å². The minimum atomic E-state index is -0.0316. The second kappa shape index (κ2) is 4.38. The molecule has 0 aromatic carbocycles. The monoisotopic (exact) mass is 206 g/mol. The van der Waals surface area contributed by atoms with E-state index in [0.717, 1.165) is 11.0 Å². The van der Waals surface area contributed by atoms with Crippen LogP contribution in [0.25, 0.3) is 11.0 Å². The minimum Gasteiger partial charge on any atom is -0.244 e. The van der Waals surface area contributed by atoms with Gasteiger partial charge in [-0.1, -0.05) is 13.8 Å². The van der Waals surface area contributed by atoms with E-state index in [9.17, 15) is 0 Å². The van der Waals surface area contributed by atoms with Crippen molar-refractivity contribution in [3.63, 3.8) is 0 Å². The van der Waals surface area contributed by atoms with Crippen LogP contribution in [0.1, 0.15) is 34.6 Å². The summed E-state index contributed by atoms with van der Waals surface area (Å²) < 4.78 is 1.91. The first-order valence-electron chi connectivity index (χ1n) is 5.23. The average molecular weight is 206 g/mol. The van der Waals surface area contributed by atoms with Gasteiger partial charge in [-0.15, -0.1) is 0 Å². The van der Waals surface area contributed by atoms with E-state index in [1.807, 2.05) is 18.5 Å². The molecule has 0 atom stereocenters. The minimum absolute atomic E-state index is 0.0316. The van der Waals surface area contributed by atoms with Gasteiger partial charge in [-0.05, 0) is 20.8 Å². The van der Waals surface area contributed by atoms with Gasteiger partial charge in [-0.25, -0.2) is 14.6 Å². The molecule has 15 heavy (non-hydrogen) atoms. The Bertz CT molecular complexity index is 425. The number of nitrogens with zero attached hydrogens (tertiary/aromatic N) is 4. The molecule has 0 saturated carbocycles. The Morgan fingerprint density at radius 3 is 2.40 bits per heavy atom. The highest BCUT2D eigenvalue weighted by atomic mass is 15.3. The van der Waals surface area contributed by atoms with E-state index in [2.05, 4.69) is 35.8 Å². The molecule has 0 radical (unpaired) electrons. The summed E-state index contributed by atoms with van der Waals surface area (Å²) in [6.45, 7) is 10.3. The van der Waals surface area contributed by atoms with Crippen LogP contribution < -0.4 is 0 Å². The zero-order chi connectivity index (χ0) is 11.5. The predicted octanol–water partition coefficient (Wildman–Crippen LogP) is 2.61. The van der Waals surface area contributed by atoms with E-state index in [0.29, 0.717) is 0 Å².